The fourth-order valence-electron chi connectivity index (χ4n) is 2.00. The second-order valence-electron chi connectivity index (χ2n) is 4.90. The van der Waals surface area contributed by atoms with Gasteiger partial charge in [-0.3, -0.25) is 20.2 Å². The maximum atomic E-state index is 10.7. The molecule has 0 aromatic heterocycles. The number of nitro groups is 2. The van der Waals surface area contributed by atoms with Crippen LogP contribution in [0, 0.1) is 20.2 Å². The van der Waals surface area contributed by atoms with Crippen LogP contribution in [0.4, 0.5) is 22.7 Å². The quantitative estimate of drug-likeness (QED) is 0.308. The van der Waals surface area contributed by atoms with E-state index in [1.165, 1.54) is 0 Å². The van der Waals surface area contributed by atoms with Gasteiger partial charge in [0.2, 0.25) is 0 Å². The lowest BCUT2D eigenvalue weighted by Crippen LogP contribution is -2.11. The summed E-state index contributed by atoms with van der Waals surface area (Å²) in [4.78, 5) is 20.2. The first-order valence-electron chi connectivity index (χ1n) is 6.93. The van der Waals surface area contributed by atoms with Crippen molar-refractivity contribution in [3.05, 3.63) is 54.5 Å². The molecule has 0 saturated carbocycles. The first-order chi connectivity index (χ1) is 12.2. The Labute approximate surface area is 156 Å². The van der Waals surface area contributed by atoms with Crippen LogP contribution in [-0.2, 0) is 0 Å². The van der Waals surface area contributed by atoms with Crippen molar-refractivity contribution in [2.45, 2.75) is 0 Å². The first kappa shape index (κ1) is 19.3. The number of hydrogen-bond acceptors (Lipinski definition) is 8. The van der Waals surface area contributed by atoms with Crippen molar-refractivity contribution in [2.75, 3.05) is 24.7 Å². The Morgan fingerprint density at radius 1 is 0.808 bits per heavy atom. The van der Waals surface area contributed by atoms with Gasteiger partial charge < -0.3 is 20.9 Å². The van der Waals surface area contributed by atoms with Crippen LogP contribution < -0.4 is 20.9 Å². The van der Waals surface area contributed by atoms with Gasteiger partial charge in [-0.15, -0.1) is 0 Å². The lowest BCUT2D eigenvalue weighted by atomic mass is 10.2. The molecule has 12 heteroatoms. The Morgan fingerprint density at radius 2 is 1.15 bits per heavy atom. The minimum absolute atomic E-state index is 0.00270. The van der Waals surface area contributed by atoms with Gasteiger partial charge in [0.15, 0.2) is 11.5 Å². The molecular formula is C14H12Cl2N4O6. The number of benzene rings is 2. The van der Waals surface area contributed by atoms with E-state index in [0.717, 1.165) is 24.3 Å². The molecule has 4 N–H and O–H groups in total. The van der Waals surface area contributed by atoms with E-state index in [2.05, 4.69) is 0 Å². The predicted octanol–water partition coefficient (Wildman–Crippen LogP) is 3.43. The molecule has 0 aliphatic heterocycles. The Kier molecular flexibility index (Phi) is 5.90. The molecule has 0 amide bonds. The summed E-state index contributed by atoms with van der Waals surface area (Å²) < 4.78 is 10.7. The smallest absolute Gasteiger partial charge is 0.273 e. The zero-order valence-electron chi connectivity index (χ0n) is 13.0. The number of nitrogens with two attached hydrogens (primary N) is 2. The van der Waals surface area contributed by atoms with E-state index >= 15 is 0 Å². The molecule has 2 rings (SSSR count). The molecule has 10 nitrogen and oxygen atoms in total. The predicted molar refractivity (Wildman–Crippen MR) is 96.0 cm³/mol. The van der Waals surface area contributed by atoms with Gasteiger partial charge in [-0.25, -0.2) is 0 Å². The summed E-state index contributed by atoms with van der Waals surface area (Å²) in [7, 11) is 0. The molecule has 0 atom stereocenters. The molecule has 0 unspecified atom stereocenters. The summed E-state index contributed by atoms with van der Waals surface area (Å²) in [6.07, 6.45) is 0. The molecule has 0 bridgehead atoms. The first-order valence-corrected chi connectivity index (χ1v) is 7.68. The van der Waals surface area contributed by atoms with Crippen LogP contribution in [0.15, 0.2) is 24.3 Å². The van der Waals surface area contributed by atoms with Crippen molar-refractivity contribution in [3.8, 4) is 11.5 Å². The van der Waals surface area contributed by atoms with E-state index in [0.29, 0.717) is 0 Å². The normalized spacial score (nSPS) is 10.4. The monoisotopic (exact) mass is 402 g/mol. The largest absolute Gasteiger partial charge is 0.486 e. The highest BCUT2D eigenvalue weighted by atomic mass is 35.5. The van der Waals surface area contributed by atoms with Crippen molar-refractivity contribution in [3.63, 3.8) is 0 Å². The summed E-state index contributed by atoms with van der Waals surface area (Å²) in [6, 6.07) is 4.46. The number of nitrogens with zero attached hydrogens (tertiary/aromatic N) is 2. The Hall–Kier alpha value is -2.98. The number of nitrogen functional groups attached to an aromatic ring is 2. The molecule has 0 spiro atoms. The molecular weight excluding hydrogens is 391 g/mol. The zero-order valence-corrected chi connectivity index (χ0v) is 14.5. The molecule has 2 aromatic rings. The Morgan fingerprint density at radius 3 is 1.42 bits per heavy atom. The van der Waals surface area contributed by atoms with Crippen molar-refractivity contribution >= 4 is 46.0 Å². The average molecular weight is 403 g/mol. The van der Waals surface area contributed by atoms with Gasteiger partial charge in [-0.1, -0.05) is 23.2 Å². The van der Waals surface area contributed by atoms with Gasteiger partial charge in [0.05, 0.1) is 31.3 Å². The zero-order chi connectivity index (χ0) is 19.4. The van der Waals surface area contributed by atoms with Gasteiger partial charge in [0.25, 0.3) is 11.4 Å². The second-order valence-corrected chi connectivity index (χ2v) is 5.72. The summed E-state index contributed by atoms with van der Waals surface area (Å²) >= 11 is 11.8. The van der Waals surface area contributed by atoms with Gasteiger partial charge in [0.1, 0.15) is 13.2 Å². The van der Waals surface area contributed by atoms with E-state index in [4.69, 9.17) is 44.1 Å². The van der Waals surface area contributed by atoms with Crippen molar-refractivity contribution < 1.29 is 19.3 Å². The van der Waals surface area contributed by atoms with Gasteiger partial charge in [-0.05, 0) is 0 Å². The highest BCUT2D eigenvalue weighted by Crippen LogP contribution is 2.36. The van der Waals surface area contributed by atoms with E-state index in [1.54, 1.807) is 0 Å². The average Bonchev–Trinajstić information content (AvgIpc) is 2.54. The fraction of sp³-hybridized carbons (Fsp3) is 0.143. The topological polar surface area (TPSA) is 157 Å². The molecule has 0 heterocycles. The maximum absolute atomic E-state index is 10.7. The molecule has 0 fully saturated rings. The highest BCUT2D eigenvalue weighted by molar-refractivity contribution is 6.33. The van der Waals surface area contributed by atoms with Crippen molar-refractivity contribution in [1.29, 1.82) is 0 Å². The van der Waals surface area contributed by atoms with Crippen LogP contribution in [0.5, 0.6) is 11.5 Å². The molecule has 0 aliphatic rings. The molecule has 26 heavy (non-hydrogen) atoms. The third-order valence-electron chi connectivity index (χ3n) is 3.11. The minimum Gasteiger partial charge on any atom is -0.486 e. The molecule has 0 aliphatic carbocycles. The lowest BCUT2D eigenvalue weighted by Gasteiger charge is -2.13. The number of rotatable bonds is 7. The van der Waals surface area contributed by atoms with Crippen LogP contribution in [0.25, 0.3) is 0 Å². The number of non-ortho nitro benzene ring substituents is 2. The third-order valence-corrected chi connectivity index (χ3v) is 3.67. The van der Waals surface area contributed by atoms with Gasteiger partial charge >= 0.3 is 0 Å². The van der Waals surface area contributed by atoms with Crippen LogP contribution in [0.1, 0.15) is 0 Å². The SMILES string of the molecule is Nc1cc([N+](=O)[O-])cc(Cl)c1OCCOc1c(N)cc([N+](=O)[O-])cc1Cl. The highest BCUT2D eigenvalue weighted by Gasteiger charge is 2.17. The van der Waals surface area contributed by atoms with E-state index in [-0.39, 0.29) is 57.5 Å². The summed E-state index contributed by atoms with van der Waals surface area (Å²) in [5, 5.41) is 21.4. The number of anilines is 2. The Bertz CT molecular complexity index is 759. The van der Waals surface area contributed by atoms with Crippen LogP contribution in [0.3, 0.4) is 0 Å². The van der Waals surface area contributed by atoms with Crippen LogP contribution in [0.2, 0.25) is 10.0 Å². The summed E-state index contributed by atoms with van der Waals surface area (Å²) in [6.45, 7) is -0.0665. The van der Waals surface area contributed by atoms with E-state index < -0.39 is 9.85 Å². The summed E-state index contributed by atoms with van der Waals surface area (Å²) in [5.41, 5.74) is 10.8. The molecule has 2 aromatic carbocycles. The summed E-state index contributed by atoms with van der Waals surface area (Å²) in [5.74, 6) is 0.146. The molecule has 0 saturated heterocycles. The van der Waals surface area contributed by atoms with Crippen LogP contribution in [-0.4, -0.2) is 23.1 Å². The minimum atomic E-state index is -0.630. The number of hydrogen-bond donors (Lipinski definition) is 2. The number of nitro benzene ring substituents is 2. The maximum Gasteiger partial charge on any atom is 0.273 e. The van der Waals surface area contributed by atoms with Gasteiger partial charge in [0, 0.05) is 24.3 Å². The van der Waals surface area contributed by atoms with Crippen LogP contribution >= 0.6 is 23.2 Å². The molecule has 0 radical (unpaired) electrons. The molecule has 138 valence electrons. The van der Waals surface area contributed by atoms with Crippen molar-refractivity contribution in [1.82, 2.24) is 0 Å². The fourth-order valence-corrected chi connectivity index (χ4v) is 2.55. The Balaban J connectivity index is 2.02. The second kappa shape index (κ2) is 7.93. The standard InChI is InChI=1S/C14H12Cl2N4O6/c15-9-3-7(19(21)22)5-11(17)13(9)25-1-2-26-14-10(16)4-8(20(23)24)6-12(14)18/h3-6H,1-2,17-18H2. The lowest BCUT2D eigenvalue weighted by molar-refractivity contribution is -0.385. The van der Waals surface area contributed by atoms with Gasteiger partial charge in [-0.2, -0.15) is 0 Å². The third kappa shape index (κ3) is 4.35. The van der Waals surface area contributed by atoms with Crippen molar-refractivity contribution in [2.24, 2.45) is 0 Å². The van der Waals surface area contributed by atoms with E-state index in [1.807, 2.05) is 0 Å². The number of halogens is 2. The van der Waals surface area contributed by atoms with E-state index in [9.17, 15) is 20.2 Å². The number of ether oxygens (including phenoxy) is 2.